The van der Waals surface area contributed by atoms with E-state index in [0.29, 0.717) is 5.82 Å². The van der Waals surface area contributed by atoms with Crippen molar-refractivity contribution in [2.24, 2.45) is 0 Å². The molecule has 1 aromatic heterocycles. The fraction of sp³-hybridized carbons (Fsp3) is 0.125. The van der Waals surface area contributed by atoms with Crippen LogP contribution < -0.4 is 19.5 Å². The average molecular weight is 295 g/mol. The normalized spacial score (nSPS) is 12.4. The van der Waals surface area contributed by atoms with Gasteiger partial charge in [-0.25, -0.2) is 9.97 Å². The van der Waals surface area contributed by atoms with Crippen molar-refractivity contribution < 1.29 is 14.2 Å². The Kier molecular flexibility index (Phi) is 2.93. The molecule has 0 saturated carbocycles. The molecule has 22 heavy (non-hydrogen) atoms. The minimum absolute atomic E-state index is 0.256. The topological polar surface area (TPSA) is 65.5 Å². The highest BCUT2D eigenvalue weighted by molar-refractivity contribution is 5.91. The van der Waals surface area contributed by atoms with Crippen LogP contribution in [-0.2, 0) is 0 Å². The molecule has 6 nitrogen and oxygen atoms in total. The average Bonchev–Trinajstić information content (AvgIpc) is 3.02. The Balaban J connectivity index is 1.74. The lowest BCUT2D eigenvalue weighted by Crippen LogP contribution is -1.96. The van der Waals surface area contributed by atoms with E-state index in [0.717, 1.165) is 33.8 Å². The summed E-state index contributed by atoms with van der Waals surface area (Å²) in [5.74, 6) is 2.94. The van der Waals surface area contributed by atoms with Gasteiger partial charge in [0.1, 0.15) is 17.9 Å². The monoisotopic (exact) mass is 295 g/mol. The van der Waals surface area contributed by atoms with Gasteiger partial charge in [0.05, 0.1) is 12.6 Å². The van der Waals surface area contributed by atoms with E-state index in [9.17, 15) is 0 Å². The Morgan fingerprint density at radius 1 is 1.05 bits per heavy atom. The summed E-state index contributed by atoms with van der Waals surface area (Å²) in [5, 5.41) is 4.17. The summed E-state index contributed by atoms with van der Waals surface area (Å²) in [4.78, 5) is 8.59. The van der Waals surface area contributed by atoms with E-state index in [2.05, 4.69) is 15.3 Å². The molecule has 1 aliphatic rings. The lowest BCUT2D eigenvalue weighted by molar-refractivity contribution is 0.174. The summed E-state index contributed by atoms with van der Waals surface area (Å²) in [5.41, 5.74) is 1.71. The zero-order valence-corrected chi connectivity index (χ0v) is 11.9. The van der Waals surface area contributed by atoms with Crippen LogP contribution in [0.3, 0.4) is 0 Å². The molecule has 0 amide bonds. The van der Waals surface area contributed by atoms with Gasteiger partial charge in [-0.2, -0.15) is 0 Å². The molecule has 2 heterocycles. The fourth-order valence-electron chi connectivity index (χ4n) is 2.37. The number of methoxy groups -OCH3 is 1. The number of ether oxygens (including phenoxy) is 3. The molecule has 0 spiro atoms. The van der Waals surface area contributed by atoms with Crippen molar-refractivity contribution in [3.63, 3.8) is 0 Å². The Bertz CT molecular complexity index is 851. The predicted molar refractivity (Wildman–Crippen MR) is 81.9 cm³/mol. The lowest BCUT2D eigenvalue weighted by atomic mass is 10.2. The highest BCUT2D eigenvalue weighted by Crippen LogP contribution is 2.35. The number of fused-ring (bicyclic) bond motifs is 2. The summed E-state index contributed by atoms with van der Waals surface area (Å²) in [6, 6.07) is 11.4. The van der Waals surface area contributed by atoms with Crippen molar-refractivity contribution in [2.45, 2.75) is 0 Å². The number of aromatic nitrogens is 2. The summed E-state index contributed by atoms with van der Waals surface area (Å²) >= 11 is 0. The summed E-state index contributed by atoms with van der Waals surface area (Å²) in [6.07, 6.45) is 1.53. The molecule has 0 atom stereocenters. The van der Waals surface area contributed by atoms with Gasteiger partial charge in [-0.15, -0.1) is 0 Å². The van der Waals surface area contributed by atoms with Crippen molar-refractivity contribution in [2.75, 3.05) is 19.2 Å². The van der Waals surface area contributed by atoms with Gasteiger partial charge in [-0.05, 0) is 30.3 Å². The maximum absolute atomic E-state index is 5.39. The van der Waals surface area contributed by atoms with Gasteiger partial charge in [0.15, 0.2) is 11.5 Å². The molecule has 0 fully saturated rings. The first-order chi connectivity index (χ1) is 10.8. The first kappa shape index (κ1) is 12.7. The third-order valence-electron chi connectivity index (χ3n) is 3.48. The Labute approximate surface area is 126 Å². The van der Waals surface area contributed by atoms with Gasteiger partial charge in [0, 0.05) is 17.1 Å². The third-order valence-corrected chi connectivity index (χ3v) is 3.48. The lowest BCUT2D eigenvalue weighted by Gasteiger charge is -2.10. The van der Waals surface area contributed by atoms with Crippen LogP contribution in [0.25, 0.3) is 10.9 Å². The van der Waals surface area contributed by atoms with Gasteiger partial charge in [-0.3, -0.25) is 0 Å². The van der Waals surface area contributed by atoms with Crippen molar-refractivity contribution in [1.29, 1.82) is 0 Å². The Morgan fingerprint density at radius 2 is 1.95 bits per heavy atom. The number of benzene rings is 2. The zero-order valence-electron chi connectivity index (χ0n) is 11.9. The highest BCUT2D eigenvalue weighted by atomic mass is 16.7. The van der Waals surface area contributed by atoms with Crippen molar-refractivity contribution in [1.82, 2.24) is 9.97 Å². The third kappa shape index (κ3) is 2.14. The molecule has 1 N–H and O–H groups in total. The quantitative estimate of drug-likeness (QED) is 0.801. The number of rotatable bonds is 3. The SMILES string of the molecule is COc1ccc2ncnc(Nc3ccc4c(c3)OCO4)c2c1. The zero-order chi connectivity index (χ0) is 14.9. The van der Waals surface area contributed by atoms with Crippen molar-refractivity contribution >= 4 is 22.4 Å². The minimum Gasteiger partial charge on any atom is -0.497 e. The molecule has 4 rings (SSSR count). The standard InChI is InChI=1S/C16H13N3O3/c1-20-11-3-4-13-12(7-11)16(18-8-17-13)19-10-2-5-14-15(6-10)22-9-21-14/h2-8H,9H2,1H3,(H,17,18,19). The smallest absolute Gasteiger partial charge is 0.231 e. The van der Waals surface area contributed by atoms with Crippen LogP contribution in [0, 0.1) is 0 Å². The van der Waals surface area contributed by atoms with E-state index in [1.807, 2.05) is 36.4 Å². The summed E-state index contributed by atoms with van der Waals surface area (Å²) < 4.78 is 16.0. The van der Waals surface area contributed by atoms with Crippen LogP contribution in [0.5, 0.6) is 17.2 Å². The van der Waals surface area contributed by atoms with E-state index in [1.54, 1.807) is 7.11 Å². The van der Waals surface area contributed by atoms with E-state index in [4.69, 9.17) is 14.2 Å². The number of hydrogen-bond donors (Lipinski definition) is 1. The van der Waals surface area contributed by atoms with Crippen LogP contribution in [0.1, 0.15) is 0 Å². The van der Waals surface area contributed by atoms with E-state index in [1.165, 1.54) is 6.33 Å². The van der Waals surface area contributed by atoms with Crippen molar-refractivity contribution in [3.05, 3.63) is 42.7 Å². The second-order valence-electron chi connectivity index (χ2n) is 4.80. The molecule has 0 aliphatic carbocycles. The van der Waals surface area contributed by atoms with E-state index in [-0.39, 0.29) is 6.79 Å². The highest BCUT2D eigenvalue weighted by Gasteiger charge is 2.14. The van der Waals surface area contributed by atoms with Crippen LogP contribution in [0.15, 0.2) is 42.7 Å². The summed E-state index contributed by atoms with van der Waals surface area (Å²) in [6.45, 7) is 0.256. The molecule has 6 heteroatoms. The number of nitrogens with one attached hydrogen (secondary N) is 1. The van der Waals surface area contributed by atoms with Crippen LogP contribution in [-0.4, -0.2) is 23.9 Å². The molecule has 110 valence electrons. The minimum atomic E-state index is 0.256. The molecule has 0 radical (unpaired) electrons. The maximum Gasteiger partial charge on any atom is 0.231 e. The molecule has 0 bridgehead atoms. The summed E-state index contributed by atoms with van der Waals surface area (Å²) in [7, 11) is 1.63. The predicted octanol–water partition coefficient (Wildman–Crippen LogP) is 3.11. The van der Waals surface area contributed by atoms with Crippen LogP contribution >= 0.6 is 0 Å². The van der Waals surface area contributed by atoms with E-state index < -0.39 is 0 Å². The first-order valence-electron chi connectivity index (χ1n) is 6.79. The van der Waals surface area contributed by atoms with Gasteiger partial charge in [0.2, 0.25) is 6.79 Å². The molecule has 3 aromatic rings. The van der Waals surface area contributed by atoms with Crippen molar-refractivity contribution in [3.8, 4) is 17.2 Å². The van der Waals surface area contributed by atoms with Gasteiger partial charge in [-0.1, -0.05) is 0 Å². The Hall–Kier alpha value is -3.02. The molecule has 0 unspecified atom stereocenters. The number of anilines is 2. The molecular weight excluding hydrogens is 282 g/mol. The van der Waals surface area contributed by atoms with E-state index >= 15 is 0 Å². The van der Waals surface area contributed by atoms with Gasteiger partial charge >= 0.3 is 0 Å². The molecular formula is C16H13N3O3. The van der Waals surface area contributed by atoms with Gasteiger partial charge in [0.25, 0.3) is 0 Å². The molecule has 2 aromatic carbocycles. The van der Waals surface area contributed by atoms with Gasteiger partial charge < -0.3 is 19.5 Å². The second-order valence-corrected chi connectivity index (χ2v) is 4.80. The number of hydrogen-bond acceptors (Lipinski definition) is 6. The largest absolute Gasteiger partial charge is 0.497 e. The Morgan fingerprint density at radius 3 is 2.86 bits per heavy atom. The maximum atomic E-state index is 5.39. The molecule has 1 aliphatic heterocycles. The number of nitrogens with zero attached hydrogens (tertiary/aromatic N) is 2. The second kappa shape index (κ2) is 5.07. The fourth-order valence-corrected chi connectivity index (χ4v) is 2.37. The first-order valence-corrected chi connectivity index (χ1v) is 6.79. The van der Waals surface area contributed by atoms with Crippen LogP contribution in [0.2, 0.25) is 0 Å². The molecule has 0 saturated heterocycles. The van der Waals surface area contributed by atoms with Crippen LogP contribution in [0.4, 0.5) is 11.5 Å².